The Morgan fingerprint density at radius 3 is 2.53 bits per heavy atom. The number of hydrogen-bond donors (Lipinski definition) is 3. The fourth-order valence-electron chi connectivity index (χ4n) is 4.53. The third-order valence-corrected chi connectivity index (χ3v) is 8.00. The number of sulfonamides is 1. The lowest BCUT2D eigenvalue weighted by Crippen LogP contribution is -2.41. The van der Waals surface area contributed by atoms with Crippen molar-refractivity contribution in [1.29, 1.82) is 0 Å². The molecule has 6 nitrogen and oxygen atoms in total. The second-order valence-electron chi connectivity index (χ2n) is 8.80. The monoisotopic (exact) mass is 459 g/mol. The zero-order valence-corrected chi connectivity index (χ0v) is 19.1. The highest BCUT2D eigenvalue weighted by molar-refractivity contribution is 7.89. The summed E-state index contributed by atoms with van der Waals surface area (Å²) in [6, 6.07) is 11.0. The summed E-state index contributed by atoms with van der Waals surface area (Å²) < 4.78 is 41.7. The van der Waals surface area contributed by atoms with Crippen LogP contribution in [0.25, 0.3) is 0 Å². The van der Waals surface area contributed by atoms with Crippen molar-refractivity contribution in [3.63, 3.8) is 0 Å². The zero-order valence-electron chi connectivity index (χ0n) is 18.2. The first-order chi connectivity index (χ1) is 15.3. The standard InChI is InChI=1S/C24H30FN3O3S/c1-16(17-4-9-20(25)10-5-17)27-24(29)19-6-11-21(12-7-19)28-32(30,31)22-13-8-18-3-2-14-26-23(18)15-22/h4-5,8-10,13,15-16,19,21,26,28H,2-3,6-7,11-12,14H2,1H3,(H,27,29)/t16-,19?,21?/m1/s1. The largest absolute Gasteiger partial charge is 0.385 e. The van der Waals surface area contributed by atoms with Gasteiger partial charge >= 0.3 is 0 Å². The number of benzene rings is 2. The van der Waals surface area contributed by atoms with E-state index in [0.717, 1.165) is 36.2 Å². The molecule has 1 atom stereocenters. The highest BCUT2D eigenvalue weighted by atomic mass is 32.2. The summed E-state index contributed by atoms with van der Waals surface area (Å²) in [6.45, 7) is 2.73. The van der Waals surface area contributed by atoms with Gasteiger partial charge in [-0.15, -0.1) is 0 Å². The summed E-state index contributed by atoms with van der Waals surface area (Å²) in [5.74, 6) is -0.491. The zero-order chi connectivity index (χ0) is 22.7. The van der Waals surface area contributed by atoms with Crippen LogP contribution in [-0.4, -0.2) is 26.9 Å². The van der Waals surface area contributed by atoms with Crippen LogP contribution < -0.4 is 15.4 Å². The molecule has 0 bridgehead atoms. The summed E-state index contributed by atoms with van der Waals surface area (Å²) in [5, 5.41) is 6.27. The van der Waals surface area contributed by atoms with Gasteiger partial charge in [-0.3, -0.25) is 4.79 Å². The fraction of sp³-hybridized carbons (Fsp3) is 0.458. The van der Waals surface area contributed by atoms with Crippen molar-refractivity contribution in [2.75, 3.05) is 11.9 Å². The molecule has 1 saturated carbocycles. The Morgan fingerprint density at radius 2 is 1.81 bits per heavy atom. The number of halogens is 1. The lowest BCUT2D eigenvalue weighted by Gasteiger charge is -2.29. The van der Waals surface area contributed by atoms with Gasteiger partial charge in [0.2, 0.25) is 15.9 Å². The van der Waals surface area contributed by atoms with Crippen LogP contribution in [0.1, 0.15) is 56.2 Å². The Bertz CT molecular complexity index is 1060. The van der Waals surface area contributed by atoms with Crippen molar-refractivity contribution < 1.29 is 17.6 Å². The van der Waals surface area contributed by atoms with Gasteiger partial charge in [0.15, 0.2) is 0 Å². The first kappa shape index (κ1) is 22.7. The third kappa shape index (κ3) is 5.30. The summed E-state index contributed by atoms with van der Waals surface area (Å²) in [7, 11) is -3.61. The van der Waals surface area contributed by atoms with E-state index in [1.165, 1.54) is 12.1 Å². The van der Waals surface area contributed by atoms with E-state index in [1.54, 1.807) is 24.3 Å². The molecule has 32 heavy (non-hydrogen) atoms. The molecular weight excluding hydrogens is 429 g/mol. The molecule has 2 aromatic carbocycles. The molecule has 0 unspecified atom stereocenters. The van der Waals surface area contributed by atoms with Crippen molar-refractivity contribution >= 4 is 21.6 Å². The van der Waals surface area contributed by atoms with E-state index in [1.807, 2.05) is 13.0 Å². The van der Waals surface area contributed by atoms with Gasteiger partial charge in [0.25, 0.3) is 0 Å². The van der Waals surface area contributed by atoms with Crippen molar-refractivity contribution in [2.24, 2.45) is 5.92 Å². The molecule has 8 heteroatoms. The summed E-state index contributed by atoms with van der Waals surface area (Å²) in [4.78, 5) is 12.9. The third-order valence-electron chi connectivity index (χ3n) is 6.48. The molecule has 2 aliphatic rings. The number of hydrogen-bond acceptors (Lipinski definition) is 4. The molecular formula is C24H30FN3O3S. The number of aryl methyl sites for hydroxylation is 1. The summed E-state index contributed by atoms with van der Waals surface area (Å²) >= 11 is 0. The minimum absolute atomic E-state index is 0.0381. The van der Waals surface area contributed by atoms with E-state index < -0.39 is 10.0 Å². The van der Waals surface area contributed by atoms with Crippen molar-refractivity contribution in [3.05, 3.63) is 59.4 Å². The number of rotatable bonds is 6. The number of amides is 1. The van der Waals surface area contributed by atoms with E-state index in [9.17, 15) is 17.6 Å². The van der Waals surface area contributed by atoms with Gasteiger partial charge < -0.3 is 10.6 Å². The van der Waals surface area contributed by atoms with Gasteiger partial charge in [-0.05, 0) is 80.8 Å². The van der Waals surface area contributed by atoms with Crippen LogP contribution in [0.15, 0.2) is 47.4 Å². The average Bonchev–Trinajstić information content (AvgIpc) is 2.79. The number of carbonyl (C=O) groups is 1. The Morgan fingerprint density at radius 1 is 1.09 bits per heavy atom. The highest BCUT2D eigenvalue weighted by Gasteiger charge is 2.30. The number of nitrogens with one attached hydrogen (secondary N) is 3. The molecule has 1 aliphatic heterocycles. The lowest BCUT2D eigenvalue weighted by atomic mass is 9.85. The van der Waals surface area contributed by atoms with E-state index >= 15 is 0 Å². The second-order valence-corrected chi connectivity index (χ2v) is 10.5. The molecule has 172 valence electrons. The van der Waals surface area contributed by atoms with Crippen LogP contribution >= 0.6 is 0 Å². The van der Waals surface area contributed by atoms with Gasteiger partial charge in [-0.25, -0.2) is 17.5 Å². The van der Waals surface area contributed by atoms with Crippen LogP contribution in [0, 0.1) is 11.7 Å². The second kappa shape index (κ2) is 9.58. The summed E-state index contributed by atoms with van der Waals surface area (Å²) in [6.07, 6.45) is 4.50. The molecule has 1 heterocycles. The molecule has 0 aromatic heterocycles. The van der Waals surface area contributed by atoms with Crippen LogP contribution in [0.2, 0.25) is 0 Å². The van der Waals surface area contributed by atoms with Gasteiger partial charge in [0, 0.05) is 24.2 Å². The van der Waals surface area contributed by atoms with Gasteiger partial charge in [-0.1, -0.05) is 18.2 Å². The molecule has 1 amide bonds. The molecule has 0 saturated heterocycles. The smallest absolute Gasteiger partial charge is 0.240 e. The van der Waals surface area contributed by atoms with Gasteiger partial charge in [0.05, 0.1) is 10.9 Å². The van der Waals surface area contributed by atoms with Crippen LogP contribution in [0.4, 0.5) is 10.1 Å². The summed E-state index contributed by atoms with van der Waals surface area (Å²) in [5.41, 5.74) is 2.90. The maximum Gasteiger partial charge on any atom is 0.240 e. The first-order valence-corrected chi connectivity index (χ1v) is 12.7. The highest BCUT2D eigenvalue weighted by Crippen LogP contribution is 2.28. The van der Waals surface area contributed by atoms with Crippen molar-refractivity contribution in [3.8, 4) is 0 Å². The van der Waals surface area contributed by atoms with E-state index in [2.05, 4.69) is 15.4 Å². The number of carbonyl (C=O) groups excluding carboxylic acids is 1. The lowest BCUT2D eigenvalue weighted by molar-refractivity contribution is -0.126. The quantitative estimate of drug-likeness (QED) is 0.612. The number of anilines is 1. The molecule has 4 rings (SSSR count). The Kier molecular flexibility index (Phi) is 6.81. The predicted molar refractivity (Wildman–Crippen MR) is 122 cm³/mol. The van der Waals surface area contributed by atoms with Crippen LogP contribution in [-0.2, 0) is 21.2 Å². The van der Waals surface area contributed by atoms with E-state index in [-0.39, 0.29) is 34.6 Å². The SMILES string of the molecule is C[C@@H](NC(=O)C1CCC(NS(=O)(=O)c2ccc3c(c2)NCCC3)CC1)c1ccc(F)cc1. The Hall–Kier alpha value is -2.45. The Balaban J connectivity index is 1.30. The minimum Gasteiger partial charge on any atom is -0.385 e. The molecule has 1 fully saturated rings. The average molecular weight is 460 g/mol. The first-order valence-electron chi connectivity index (χ1n) is 11.3. The van der Waals surface area contributed by atoms with E-state index in [0.29, 0.717) is 25.7 Å². The van der Waals surface area contributed by atoms with Gasteiger partial charge in [0.1, 0.15) is 5.82 Å². The van der Waals surface area contributed by atoms with Gasteiger partial charge in [-0.2, -0.15) is 0 Å². The molecule has 3 N–H and O–H groups in total. The van der Waals surface area contributed by atoms with Crippen LogP contribution in [0.3, 0.4) is 0 Å². The predicted octanol–water partition coefficient (Wildman–Crippen LogP) is 3.90. The van der Waals surface area contributed by atoms with Crippen LogP contribution in [0.5, 0.6) is 0 Å². The topological polar surface area (TPSA) is 87.3 Å². The van der Waals surface area contributed by atoms with E-state index in [4.69, 9.17) is 0 Å². The minimum atomic E-state index is -3.61. The molecule has 1 aliphatic carbocycles. The number of fused-ring (bicyclic) bond motifs is 1. The fourth-order valence-corrected chi connectivity index (χ4v) is 5.86. The Labute approximate surface area is 189 Å². The normalized spacial score (nSPS) is 21.8. The molecule has 0 spiro atoms. The van der Waals surface area contributed by atoms with Crippen molar-refractivity contribution in [2.45, 2.75) is 62.4 Å². The maximum absolute atomic E-state index is 13.1. The molecule has 0 radical (unpaired) electrons. The molecule has 2 aromatic rings. The van der Waals surface area contributed by atoms with Crippen molar-refractivity contribution in [1.82, 2.24) is 10.0 Å². The maximum atomic E-state index is 13.1.